The van der Waals surface area contributed by atoms with Gasteiger partial charge in [0.15, 0.2) is 0 Å². The van der Waals surface area contributed by atoms with Gasteiger partial charge in [-0.15, -0.1) is 0 Å². The van der Waals surface area contributed by atoms with E-state index in [1.807, 2.05) is 18.7 Å². The second-order valence-electron chi connectivity index (χ2n) is 5.80. The molecule has 2 amide bonds. The maximum absolute atomic E-state index is 12.5. The van der Waals surface area contributed by atoms with Gasteiger partial charge in [-0.25, -0.2) is 0 Å². The number of carbonyl (C=O) groups excluding carboxylic acids is 2. The van der Waals surface area contributed by atoms with E-state index in [1.165, 1.54) is 0 Å². The Morgan fingerprint density at radius 1 is 1.38 bits per heavy atom. The first-order chi connectivity index (χ1) is 11.6. The highest BCUT2D eigenvalue weighted by molar-refractivity contribution is 7.99. The van der Waals surface area contributed by atoms with Crippen LogP contribution in [-0.2, 0) is 9.59 Å². The molecule has 1 aliphatic heterocycles. The van der Waals surface area contributed by atoms with Gasteiger partial charge in [0.1, 0.15) is 0 Å². The Bertz CT molecular complexity index is 547. The first-order valence-electron chi connectivity index (χ1n) is 8.22. The summed E-state index contributed by atoms with van der Waals surface area (Å²) in [6.07, 6.45) is 1.27. The van der Waals surface area contributed by atoms with E-state index >= 15 is 0 Å². The van der Waals surface area contributed by atoms with Crippen molar-refractivity contribution in [1.82, 2.24) is 10.2 Å². The molecular weight excluding hydrogens is 346 g/mol. The number of amides is 2. The van der Waals surface area contributed by atoms with Gasteiger partial charge in [0.2, 0.25) is 11.8 Å². The van der Waals surface area contributed by atoms with Gasteiger partial charge < -0.3 is 15.5 Å². The van der Waals surface area contributed by atoms with Crippen LogP contribution in [0.2, 0.25) is 5.02 Å². The molecule has 1 aromatic carbocycles. The Hall–Kier alpha value is -1.24. The molecule has 1 aromatic rings. The third-order valence-corrected chi connectivity index (χ3v) is 5.11. The van der Waals surface area contributed by atoms with Crippen molar-refractivity contribution in [2.75, 3.05) is 36.5 Å². The van der Waals surface area contributed by atoms with Crippen molar-refractivity contribution in [3.05, 3.63) is 29.3 Å². The van der Waals surface area contributed by atoms with Gasteiger partial charge in [0.25, 0.3) is 0 Å². The van der Waals surface area contributed by atoms with Crippen LogP contribution in [-0.4, -0.2) is 53.9 Å². The van der Waals surface area contributed by atoms with Crippen molar-refractivity contribution < 1.29 is 9.59 Å². The van der Waals surface area contributed by atoms with E-state index in [2.05, 4.69) is 10.6 Å². The summed E-state index contributed by atoms with van der Waals surface area (Å²) < 4.78 is 0. The fourth-order valence-corrected chi connectivity index (χ4v) is 3.63. The van der Waals surface area contributed by atoms with E-state index in [-0.39, 0.29) is 24.4 Å². The highest BCUT2D eigenvalue weighted by atomic mass is 35.5. The summed E-state index contributed by atoms with van der Waals surface area (Å²) in [4.78, 5) is 26.4. The minimum absolute atomic E-state index is 0.0307. The lowest BCUT2D eigenvalue weighted by molar-refractivity contribution is -0.135. The highest BCUT2D eigenvalue weighted by Gasteiger charge is 2.22. The number of halogens is 1. The monoisotopic (exact) mass is 369 g/mol. The molecule has 2 N–H and O–H groups in total. The molecular formula is C17H24ClN3O2S. The molecule has 1 fully saturated rings. The lowest BCUT2D eigenvalue weighted by atomic mass is 10.2. The fourth-order valence-electron chi connectivity index (χ4n) is 2.56. The number of thioether (sulfide) groups is 1. The largest absolute Gasteiger partial charge is 0.333 e. The Morgan fingerprint density at radius 2 is 2.12 bits per heavy atom. The molecule has 0 radical (unpaired) electrons. The molecule has 1 unspecified atom stereocenters. The average Bonchev–Trinajstić information content (AvgIpc) is 2.57. The average molecular weight is 370 g/mol. The fraction of sp³-hybridized carbons (Fsp3) is 0.529. The van der Waals surface area contributed by atoms with Crippen LogP contribution >= 0.6 is 23.4 Å². The second-order valence-corrected chi connectivity index (χ2v) is 7.39. The number of anilines is 1. The van der Waals surface area contributed by atoms with Crippen LogP contribution < -0.4 is 10.6 Å². The normalized spacial score (nSPS) is 17.3. The van der Waals surface area contributed by atoms with E-state index in [1.54, 1.807) is 29.2 Å². The van der Waals surface area contributed by atoms with E-state index < -0.39 is 0 Å². The Kier molecular flexibility index (Phi) is 7.88. The van der Waals surface area contributed by atoms with Gasteiger partial charge in [-0.1, -0.05) is 18.5 Å². The number of nitrogens with one attached hydrogen (secondary N) is 2. The molecule has 1 atom stereocenters. The standard InChI is InChI=1S/C17H24ClN3O2S/c1-2-8-21(17(23)10-15-12-24-9-7-19-15)11-16(22)20-14-5-3-13(18)4-6-14/h3-6,15,19H,2,7-12H2,1H3,(H,20,22). The minimum atomic E-state index is -0.190. The molecule has 0 spiro atoms. The second kappa shape index (κ2) is 9.91. The SMILES string of the molecule is CCCN(CC(=O)Nc1ccc(Cl)cc1)C(=O)CC1CSCCN1. The predicted octanol–water partition coefficient (Wildman–Crippen LogP) is 2.61. The van der Waals surface area contributed by atoms with E-state index in [9.17, 15) is 9.59 Å². The number of rotatable bonds is 7. The lowest BCUT2D eigenvalue weighted by Gasteiger charge is -2.27. The maximum atomic E-state index is 12.5. The van der Waals surface area contributed by atoms with Crippen LogP contribution in [0.1, 0.15) is 19.8 Å². The Labute approximate surface area is 152 Å². The number of benzene rings is 1. The number of carbonyl (C=O) groups is 2. The molecule has 5 nitrogen and oxygen atoms in total. The van der Waals surface area contributed by atoms with Crippen molar-refractivity contribution in [1.29, 1.82) is 0 Å². The van der Waals surface area contributed by atoms with Gasteiger partial charge in [-0.05, 0) is 30.7 Å². The number of hydrogen-bond acceptors (Lipinski definition) is 4. The van der Waals surface area contributed by atoms with E-state index in [4.69, 9.17) is 11.6 Å². The lowest BCUT2D eigenvalue weighted by Crippen LogP contribution is -2.44. The van der Waals surface area contributed by atoms with Crippen LogP contribution in [0.5, 0.6) is 0 Å². The molecule has 132 valence electrons. The maximum Gasteiger partial charge on any atom is 0.243 e. The van der Waals surface area contributed by atoms with Crippen molar-refractivity contribution in [3.63, 3.8) is 0 Å². The molecule has 1 heterocycles. The third-order valence-electron chi connectivity index (χ3n) is 3.73. The summed E-state index contributed by atoms with van der Waals surface area (Å²) in [5.41, 5.74) is 0.679. The molecule has 0 bridgehead atoms. The van der Waals surface area contributed by atoms with Gasteiger partial charge in [0, 0.05) is 47.8 Å². The summed E-state index contributed by atoms with van der Waals surface area (Å²) in [5, 5.41) is 6.79. The van der Waals surface area contributed by atoms with Crippen molar-refractivity contribution in [3.8, 4) is 0 Å². The summed E-state index contributed by atoms with van der Waals surface area (Å²) in [6.45, 7) is 3.61. The number of hydrogen-bond donors (Lipinski definition) is 2. The van der Waals surface area contributed by atoms with Crippen LogP contribution in [0.3, 0.4) is 0 Å². The van der Waals surface area contributed by atoms with E-state index in [0.29, 0.717) is 23.7 Å². The Morgan fingerprint density at radius 3 is 2.75 bits per heavy atom. The van der Waals surface area contributed by atoms with Crippen LogP contribution in [0.4, 0.5) is 5.69 Å². The molecule has 0 aromatic heterocycles. The third kappa shape index (κ3) is 6.34. The highest BCUT2D eigenvalue weighted by Crippen LogP contribution is 2.14. The van der Waals surface area contributed by atoms with Crippen LogP contribution in [0.25, 0.3) is 0 Å². The summed E-state index contributed by atoms with van der Waals surface area (Å²) >= 11 is 7.70. The van der Waals surface area contributed by atoms with E-state index in [0.717, 1.165) is 24.5 Å². The van der Waals surface area contributed by atoms with Gasteiger partial charge >= 0.3 is 0 Å². The van der Waals surface area contributed by atoms with Gasteiger partial charge in [-0.3, -0.25) is 9.59 Å². The minimum Gasteiger partial charge on any atom is -0.333 e. The topological polar surface area (TPSA) is 61.4 Å². The van der Waals surface area contributed by atoms with Crippen molar-refractivity contribution in [2.24, 2.45) is 0 Å². The molecule has 1 aliphatic rings. The smallest absolute Gasteiger partial charge is 0.243 e. The van der Waals surface area contributed by atoms with Crippen LogP contribution in [0, 0.1) is 0 Å². The zero-order valence-corrected chi connectivity index (χ0v) is 15.5. The molecule has 7 heteroatoms. The zero-order valence-electron chi connectivity index (χ0n) is 13.9. The summed E-state index contributed by atoms with van der Waals surface area (Å²) in [7, 11) is 0. The zero-order chi connectivity index (χ0) is 17.4. The first-order valence-corrected chi connectivity index (χ1v) is 9.76. The first kappa shape index (κ1) is 19.1. The molecule has 0 aliphatic carbocycles. The molecule has 2 rings (SSSR count). The van der Waals surface area contributed by atoms with Gasteiger partial charge in [-0.2, -0.15) is 11.8 Å². The number of nitrogens with zero attached hydrogens (tertiary/aromatic N) is 1. The van der Waals surface area contributed by atoms with Gasteiger partial charge in [0.05, 0.1) is 6.54 Å². The summed E-state index contributed by atoms with van der Waals surface area (Å²) in [5.74, 6) is 1.88. The molecule has 0 saturated carbocycles. The van der Waals surface area contributed by atoms with Crippen LogP contribution in [0.15, 0.2) is 24.3 Å². The quantitative estimate of drug-likeness (QED) is 0.775. The van der Waals surface area contributed by atoms with Crippen molar-refractivity contribution >= 4 is 40.9 Å². The molecule has 24 heavy (non-hydrogen) atoms. The van der Waals surface area contributed by atoms with Crippen molar-refractivity contribution in [2.45, 2.75) is 25.8 Å². The molecule has 1 saturated heterocycles. The summed E-state index contributed by atoms with van der Waals surface area (Å²) in [6, 6.07) is 7.14. The predicted molar refractivity (Wildman–Crippen MR) is 101 cm³/mol. The Balaban J connectivity index is 1.87.